The first-order valence-corrected chi connectivity index (χ1v) is 17.4. The molecule has 0 aliphatic carbocycles. The van der Waals surface area contributed by atoms with Gasteiger partial charge in [0.25, 0.3) is 0 Å². The number of aromatic nitrogens is 4. The van der Waals surface area contributed by atoms with Crippen LogP contribution in [0.1, 0.15) is 5.56 Å². The van der Waals surface area contributed by atoms with E-state index < -0.39 is 0 Å². The average Bonchev–Trinajstić information content (AvgIpc) is 3.77. The zero-order valence-electron chi connectivity index (χ0n) is 28.1. The van der Waals surface area contributed by atoms with Crippen molar-refractivity contribution in [2.24, 2.45) is 0 Å². The monoisotopic (exact) mass is 653 g/mol. The first-order valence-electron chi connectivity index (χ1n) is 17.4. The SMILES string of the molecule is Cc1cc(-c2ccccc2)c(B2n3nc4ccccc4c3N(c3ccc(-c4ccccc4)cc3)c3c4ccccc4nn32)c(-c2ccccc2)c1. The van der Waals surface area contributed by atoms with Crippen molar-refractivity contribution in [2.75, 3.05) is 4.90 Å². The van der Waals surface area contributed by atoms with Gasteiger partial charge in [0, 0.05) is 16.5 Å². The minimum Gasteiger partial charge on any atom is -0.280 e. The van der Waals surface area contributed by atoms with Crippen LogP contribution >= 0.6 is 0 Å². The van der Waals surface area contributed by atoms with E-state index in [2.05, 4.69) is 197 Å². The van der Waals surface area contributed by atoms with Gasteiger partial charge < -0.3 is 0 Å². The number of rotatable bonds is 5. The molecule has 0 fully saturated rings. The lowest BCUT2D eigenvalue weighted by molar-refractivity contribution is 0.837. The number of hydrogen-bond acceptors (Lipinski definition) is 3. The summed E-state index contributed by atoms with van der Waals surface area (Å²) in [4.78, 5) is 2.36. The largest absolute Gasteiger partial charge is 0.459 e. The molecule has 0 saturated heterocycles. The molecule has 0 bridgehead atoms. The first-order chi connectivity index (χ1) is 25.2. The fourth-order valence-corrected chi connectivity index (χ4v) is 7.78. The standard InChI is InChI=1S/C45H32BN5/c1-31-29-39(34-17-7-3-8-18-34)43(40(30-31)35-19-9-4-10-20-35)46-50-44(37-21-11-13-23-41(37)47-50)49(45-38-22-12-14-24-42(38)48-51(45)46)36-27-25-33(26-28-36)32-15-5-2-6-16-32/h2-30H,1H3. The van der Waals surface area contributed by atoms with Crippen LogP contribution in [0.15, 0.2) is 176 Å². The van der Waals surface area contributed by atoms with Crippen LogP contribution < -0.4 is 10.4 Å². The Hall–Kier alpha value is -6.66. The molecule has 6 heteroatoms. The molecule has 0 saturated carbocycles. The lowest BCUT2D eigenvalue weighted by atomic mass is 9.61. The summed E-state index contributed by atoms with van der Waals surface area (Å²) in [6.07, 6.45) is 0. The van der Waals surface area contributed by atoms with Crippen molar-refractivity contribution < 1.29 is 0 Å². The van der Waals surface area contributed by atoms with Gasteiger partial charge in [-0.3, -0.25) is 14.1 Å². The Morgan fingerprint density at radius 2 is 0.843 bits per heavy atom. The molecule has 0 radical (unpaired) electrons. The van der Waals surface area contributed by atoms with Crippen LogP contribution in [0.25, 0.3) is 55.2 Å². The molecule has 51 heavy (non-hydrogen) atoms. The Morgan fingerprint density at radius 3 is 1.33 bits per heavy atom. The van der Waals surface area contributed by atoms with Crippen molar-refractivity contribution >= 4 is 51.6 Å². The molecule has 5 nitrogen and oxygen atoms in total. The third-order valence-electron chi connectivity index (χ3n) is 10.0. The van der Waals surface area contributed by atoms with Crippen LogP contribution in [0, 0.1) is 6.92 Å². The molecule has 2 aromatic heterocycles. The minimum atomic E-state index is -0.388. The molecule has 1 aliphatic rings. The number of nitrogens with zero attached hydrogens (tertiary/aromatic N) is 5. The van der Waals surface area contributed by atoms with Crippen LogP contribution in [-0.2, 0) is 0 Å². The molecule has 0 N–H and O–H groups in total. The lowest BCUT2D eigenvalue weighted by Crippen LogP contribution is -2.52. The van der Waals surface area contributed by atoms with E-state index in [1.807, 2.05) is 0 Å². The van der Waals surface area contributed by atoms with Crippen LogP contribution in [0.5, 0.6) is 0 Å². The minimum absolute atomic E-state index is 0.388. The summed E-state index contributed by atoms with van der Waals surface area (Å²) in [6.45, 7) is 1.80. The third-order valence-corrected chi connectivity index (χ3v) is 10.0. The fraction of sp³-hybridized carbons (Fsp3) is 0.0222. The van der Waals surface area contributed by atoms with E-state index in [-0.39, 0.29) is 6.98 Å². The summed E-state index contributed by atoms with van der Waals surface area (Å²) in [5.41, 5.74) is 12.3. The van der Waals surface area contributed by atoms with Crippen molar-refractivity contribution in [3.8, 4) is 33.4 Å². The highest BCUT2D eigenvalue weighted by molar-refractivity contribution is 6.74. The second-order valence-corrected chi connectivity index (χ2v) is 13.2. The summed E-state index contributed by atoms with van der Waals surface area (Å²) in [6, 6.07) is 62.4. The van der Waals surface area contributed by atoms with Crippen molar-refractivity contribution in [3.05, 3.63) is 181 Å². The van der Waals surface area contributed by atoms with E-state index in [9.17, 15) is 0 Å². The van der Waals surface area contributed by atoms with Crippen molar-refractivity contribution in [1.29, 1.82) is 0 Å². The Balaban J connectivity index is 1.31. The van der Waals surface area contributed by atoms with Crippen LogP contribution in [-0.4, -0.2) is 26.4 Å². The zero-order chi connectivity index (χ0) is 33.9. The molecule has 9 aromatic rings. The van der Waals surface area contributed by atoms with Gasteiger partial charge in [-0.25, -0.2) is 0 Å². The summed E-state index contributed by atoms with van der Waals surface area (Å²) >= 11 is 0. The van der Waals surface area contributed by atoms with E-state index >= 15 is 0 Å². The second-order valence-electron chi connectivity index (χ2n) is 13.2. The predicted octanol–water partition coefficient (Wildman–Crippen LogP) is 10.3. The normalized spacial score (nSPS) is 12.3. The number of anilines is 3. The van der Waals surface area contributed by atoms with E-state index in [4.69, 9.17) is 10.2 Å². The Kier molecular flexibility index (Phi) is 6.74. The molecule has 10 rings (SSSR count). The van der Waals surface area contributed by atoms with Gasteiger partial charge in [0.1, 0.15) is 11.6 Å². The molecule has 240 valence electrons. The Bertz CT molecular complexity index is 2560. The fourth-order valence-electron chi connectivity index (χ4n) is 7.78. The van der Waals surface area contributed by atoms with Gasteiger partial charge in [0.05, 0.1) is 11.0 Å². The maximum atomic E-state index is 5.43. The van der Waals surface area contributed by atoms with Gasteiger partial charge in [0.2, 0.25) is 0 Å². The topological polar surface area (TPSA) is 38.9 Å². The number of hydrogen-bond donors (Lipinski definition) is 0. The van der Waals surface area contributed by atoms with Crippen LogP contribution in [0.4, 0.5) is 17.3 Å². The summed E-state index contributed by atoms with van der Waals surface area (Å²) in [5.74, 6) is 2.03. The molecule has 0 spiro atoms. The van der Waals surface area contributed by atoms with Gasteiger partial charge in [-0.2, -0.15) is 10.2 Å². The molecule has 0 atom stereocenters. The van der Waals surface area contributed by atoms with Crippen molar-refractivity contribution in [1.82, 2.24) is 19.4 Å². The van der Waals surface area contributed by atoms with Crippen LogP contribution in [0.2, 0.25) is 0 Å². The molecule has 7 aromatic carbocycles. The molecular formula is C45H32BN5. The Morgan fingerprint density at radius 1 is 0.431 bits per heavy atom. The molecule has 0 amide bonds. The maximum absolute atomic E-state index is 5.43. The van der Waals surface area contributed by atoms with Crippen LogP contribution in [0.3, 0.4) is 0 Å². The zero-order valence-corrected chi connectivity index (χ0v) is 28.1. The van der Waals surface area contributed by atoms with Gasteiger partial charge in [0.15, 0.2) is 0 Å². The van der Waals surface area contributed by atoms with E-state index in [1.165, 1.54) is 16.7 Å². The van der Waals surface area contributed by atoms with Gasteiger partial charge in [-0.15, -0.1) is 0 Å². The Labute approximate surface area is 296 Å². The highest BCUT2D eigenvalue weighted by Gasteiger charge is 2.43. The third kappa shape index (κ3) is 4.72. The smallest absolute Gasteiger partial charge is 0.280 e. The van der Waals surface area contributed by atoms with E-state index in [1.54, 1.807) is 0 Å². The van der Waals surface area contributed by atoms with Gasteiger partial charge in [-0.05, 0) is 87.7 Å². The highest BCUT2D eigenvalue weighted by atomic mass is 15.5. The molecule has 0 unspecified atom stereocenters. The van der Waals surface area contributed by atoms with Crippen molar-refractivity contribution in [2.45, 2.75) is 6.92 Å². The summed E-state index contributed by atoms with van der Waals surface area (Å²) in [7, 11) is 0. The highest BCUT2D eigenvalue weighted by Crippen LogP contribution is 2.46. The van der Waals surface area contributed by atoms with E-state index in [0.29, 0.717) is 0 Å². The second kappa shape index (κ2) is 11.7. The molecule has 3 heterocycles. The quantitative estimate of drug-likeness (QED) is 0.174. The van der Waals surface area contributed by atoms with Gasteiger partial charge in [-0.1, -0.05) is 140 Å². The molecule has 1 aliphatic heterocycles. The lowest BCUT2D eigenvalue weighted by Gasteiger charge is -2.35. The average molecular weight is 654 g/mol. The number of benzene rings is 7. The first kappa shape index (κ1) is 29.3. The predicted molar refractivity (Wildman–Crippen MR) is 211 cm³/mol. The maximum Gasteiger partial charge on any atom is 0.459 e. The summed E-state index contributed by atoms with van der Waals surface area (Å²) < 4.78 is 4.41. The van der Waals surface area contributed by atoms with Gasteiger partial charge >= 0.3 is 6.98 Å². The van der Waals surface area contributed by atoms with E-state index in [0.717, 1.165) is 66.8 Å². The number of aryl methyl sites for hydroxylation is 1. The van der Waals surface area contributed by atoms with Crippen molar-refractivity contribution in [3.63, 3.8) is 0 Å². The molecular weight excluding hydrogens is 621 g/mol. The number of fused-ring (bicyclic) bond motifs is 6. The summed E-state index contributed by atoms with van der Waals surface area (Å²) in [5, 5.41) is 13.0.